The van der Waals surface area contributed by atoms with Crippen LogP contribution in [0.1, 0.15) is 37.3 Å². The van der Waals surface area contributed by atoms with Crippen LogP contribution in [0.15, 0.2) is 60.6 Å². The summed E-state index contributed by atoms with van der Waals surface area (Å²) in [4.78, 5) is 6.59. The number of imidazole rings is 1. The number of alkyl halides is 1. The first-order chi connectivity index (χ1) is 14.5. The van der Waals surface area contributed by atoms with E-state index < -0.39 is 5.67 Å². The number of halogens is 2. The Balaban J connectivity index is 1.48. The molecule has 0 N–H and O–H groups in total. The Morgan fingerprint density at radius 3 is 2.80 bits per heavy atom. The third kappa shape index (κ3) is 3.16. The molecule has 3 heterocycles. The molecule has 0 amide bonds. The van der Waals surface area contributed by atoms with Crippen molar-refractivity contribution in [2.75, 3.05) is 20.1 Å². The Bertz CT molecular complexity index is 1050. The molecule has 1 aromatic carbocycles. The lowest BCUT2D eigenvalue weighted by molar-refractivity contribution is -0.0139. The minimum absolute atomic E-state index is 0.0616. The fourth-order valence-corrected chi connectivity index (χ4v) is 4.94. The molecule has 3 aliphatic rings. The second-order valence-electron chi connectivity index (χ2n) is 8.63. The first-order valence-corrected chi connectivity index (χ1v) is 10.6. The average Bonchev–Trinajstić information content (AvgIpc) is 3.42. The zero-order chi connectivity index (χ0) is 20.9. The van der Waals surface area contributed by atoms with Crippen LogP contribution >= 0.6 is 0 Å². The van der Waals surface area contributed by atoms with Crippen LogP contribution in [0.2, 0.25) is 0 Å². The second kappa shape index (κ2) is 7.15. The molecule has 5 rings (SSSR count). The van der Waals surface area contributed by atoms with E-state index in [1.807, 2.05) is 42.0 Å². The van der Waals surface area contributed by atoms with Crippen LogP contribution in [-0.4, -0.2) is 50.3 Å². The molecule has 1 saturated carbocycles. The SMILES string of the molecule is CN1C=CC=C(N2CC=C(F)N2CC2(F)CCCC2)C1c1ccc2c(c1)ncn2C. The maximum absolute atomic E-state index is 15.2. The molecule has 1 aliphatic carbocycles. The smallest absolute Gasteiger partial charge is 0.206 e. The predicted molar refractivity (Wildman–Crippen MR) is 113 cm³/mol. The number of aryl methyl sites for hydroxylation is 1. The standard InChI is InChI=1S/C23H27F2N5/c1-27-12-5-6-20(22(27)17-7-8-19-18(14-17)26-16-28(19)2)29-13-9-21(24)30(29)15-23(25)10-3-4-11-23/h5-9,12,14,16,22H,3-4,10-11,13,15H2,1-2H3. The molecular formula is C23H27F2N5. The Hall–Kier alpha value is -2.83. The summed E-state index contributed by atoms with van der Waals surface area (Å²) >= 11 is 0. The van der Waals surface area contributed by atoms with Gasteiger partial charge < -0.3 is 9.47 Å². The quantitative estimate of drug-likeness (QED) is 0.688. The Morgan fingerprint density at radius 2 is 2.00 bits per heavy atom. The van der Waals surface area contributed by atoms with Gasteiger partial charge in [0.15, 0.2) is 0 Å². The molecule has 0 saturated heterocycles. The van der Waals surface area contributed by atoms with Gasteiger partial charge in [-0.1, -0.05) is 18.9 Å². The normalized spacial score (nSPS) is 23.5. The maximum Gasteiger partial charge on any atom is 0.206 e. The van der Waals surface area contributed by atoms with Gasteiger partial charge in [-0.2, -0.15) is 4.39 Å². The summed E-state index contributed by atoms with van der Waals surface area (Å²) in [7, 11) is 3.98. The number of nitrogens with zero attached hydrogens (tertiary/aromatic N) is 5. The third-order valence-corrected chi connectivity index (χ3v) is 6.54. The molecule has 158 valence electrons. The van der Waals surface area contributed by atoms with E-state index in [9.17, 15) is 4.39 Å². The van der Waals surface area contributed by atoms with Crippen LogP contribution in [0.3, 0.4) is 0 Å². The molecule has 0 bridgehead atoms. The molecule has 1 atom stereocenters. The fourth-order valence-electron chi connectivity index (χ4n) is 4.94. The monoisotopic (exact) mass is 411 g/mol. The van der Waals surface area contributed by atoms with Crippen molar-refractivity contribution in [2.24, 2.45) is 7.05 Å². The highest BCUT2D eigenvalue weighted by molar-refractivity contribution is 5.76. The molecule has 2 aliphatic heterocycles. The van der Waals surface area contributed by atoms with E-state index in [0.29, 0.717) is 19.4 Å². The van der Waals surface area contributed by atoms with Crippen LogP contribution in [0.25, 0.3) is 11.0 Å². The first-order valence-electron chi connectivity index (χ1n) is 10.6. The molecule has 0 radical (unpaired) electrons. The number of aromatic nitrogens is 2. The van der Waals surface area contributed by atoms with Crippen LogP contribution in [-0.2, 0) is 7.05 Å². The fraction of sp³-hybridized carbons (Fsp3) is 0.435. The van der Waals surface area contributed by atoms with Crippen molar-refractivity contribution in [3.8, 4) is 0 Å². The van der Waals surface area contributed by atoms with Gasteiger partial charge in [-0.3, -0.25) is 10.0 Å². The van der Waals surface area contributed by atoms with E-state index >= 15 is 4.39 Å². The molecule has 1 unspecified atom stereocenters. The molecule has 1 fully saturated rings. The van der Waals surface area contributed by atoms with Crippen molar-refractivity contribution in [1.82, 2.24) is 24.5 Å². The Kier molecular flexibility index (Phi) is 4.56. The summed E-state index contributed by atoms with van der Waals surface area (Å²) in [5.41, 5.74) is 2.67. The summed E-state index contributed by atoms with van der Waals surface area (Å²) in [6.07, 6.45) is 12.1. The number of hydrogen-bond acceptors (Lipinski definition) is 4. The van der Waals surface area contributed by atoms with Gasteiger partial charge >= 0.3 is 0 Å². The molecular weight excluding hydrogens is 384 g/mol. The van der Waals surface area contributed by atoms with Crippen LogP contribution in [0, 0.1) is 0 Å². The Labute approximate surface area is 175 Å². The molecule has 0 spiro atoms. The summed E-state index contributed by atoms with van der Waals surface area (Å²) in [5.74, 6) is -0.365. The molecule has 1 aromatic heterocycles. The van der Waals surface area contributed by atoms with E-state index in [4.69, 9.17) is 0 Å². The molecule has 5 nitrogen and oxygen atoms in total. The van der Waals surface area contributed by atoms with Crippen molar-refractivity contribution in [3.05, 3.63) is 66.2 Å². The van der Waals surface area contributed by atoms with E-state index in [1.165, 1.54) is 11.1 Å². The van der Waals surface area contributed by atoms with Crippen LogP contribution in [0.5, 0.6) is 0 Å². The zero-order valence-corrected chi connectivity index (χ0v) is 17.4. The number of allylic oxidation sites excluding steroid dienone is 2. The highest BCUT2D eigenvalue weighted by Gasteiger charge is 2.41. The summed E-state index contributed by atoms with van der Waals surface area (Å²) in [5, 5.41) is 3.39. The van der Waals surface area contributed by atoms with Crippen LogP contribution in [0.4, 0.5) is 8.78 Å². The average molecular weight is 412 g/mol. The topological polar surface area (TPSA) is 27.5 Å². The van der Waals surface area contributed by atoms with Crippen molar-refractivity contribution in [1.29, 1.82) is 0 Å². The van der Waals surface area contributed by atoms with E-state index in [0.717, 1.165) is 35.1 Å². The largest absolute Gasteiger partial charge is 0.368 e. The maximum atomic E-state index is 15.2. The highest BCUT2D eigenvalue weighted by Crippen LogP contribution is 2.40. The predicted octanol–water partition coefficient (Wildman–Crippen LogP) is 4.58. The van der Waals surface area contributed by atoms with Gasteiger partial charge in [-0.25, -0.2) is 9.37 Å². The first kappa shape index (κ1) is 19.2. The van der Waals surface area contributed by atoms with Gasteiger partial charge in [0.05, 0.1) is 42.2 Å². The second-order valence-corrected chi connectivity index (χ2v) is 8.63. The zero-order valence-electron chi connectivity index (χ0n) is 17.4. The van der Waals surface area contributed by atoms with Crippen LogP contribution < -0.4 is 0 Å². The van der Waals surface area contributed by atoms with E-state index in [2.05, 4.69) is 28.1 Å². The van der Waals surface area contributed by atoms with Gasteiger partial charge in [-0.15, -0.1) is 0 Å². The summed E-state index contributed by atoms with van der Waals surface area (Å²) in [6.45, 7) is 0.462. The Morgan fingerprint density at radius 1 is 1.20 bits per heavy atom. The summed E-state index contributed by atoms with van der Waals surface area (Å²) in [6, 6.07) is 6.14. The van der Waals surface area contributed by atoms with Gasteiger partial charge in [-0.05, 0) is 55.0 Å². The summed E-state index contributed by atoms with van der Waals surface area (Å²) < 4.78 is 32.0. The molecule has 7 heteroatoms. The number of hydrogen-bond donors (Lipinski definition) is 0. The minimum Gasteiger partial charge on any atom is -0.368 e. The van der Waals surface area contributed by atoms with Crippen molar-refractivity contribution < 1.29 is 8.78 Å². The number of fused-ring (bicyclic) bond motifs is 1. The molecule has 2 aromatic rings. The molecule has 30 heavy (non-hydrogen) atoms. The van der Waals surface area contributed by atoms with Crippen molar-refractivity contribution in [2.45, 2.75) is 37.4 Å². The number of hydrazine groups is 1. The number of rotatable bonds is 4. The van der Waals surface area contributed by atoms with Gasteiger partial charge in [0.2, 0.25) is 5.95 Å². The van der Waals surface area contributed by atoms with Gasteiger partial charge in [0.25, 0.3) is 0 Å². The minimum atomic E-state index is -1.33. The van der Waals surface area contributed by atoms with Crippen molar-refractivity contribution in [3.63, 3.8) is 0 Å². The van der Waals surface area contributed by atoms with Crippen molar-refractivity contribution >= 4 is 11.0 Å². The highest BCUT2D eigenvalue weighted by atomic mass is 19.1. The number of likely N-dealkylation sites (N-methyl/N-ethyl adjacent to an activating group) is 1. The lowest BCUT2D eigenvalue weighted by Crippen LogP contribution is -2.46. The van der Waals surface area contributed by atoms with Gasteiger partial charge in [0.1, 0.15) is 5.67 Å². The van der Waals surface area contributed by atoms with E-state index in [1.54, 1.807) is 6.33 Å². The van der Waals surface area contributed by atoms with Gasteiger partial charge in [0, 0.05) is 14.1 Å². The lowest BCUT2D eigenvalue weighted by atomic mass is 9.99. The third-order valence-electron chi connectivity index (χ3n) is 6.54. The number of benzene rings is 1. The van der Waals surface area contributed by atoms with E-state index in [-0.39, 0.29) is 18.5 Å². The lowest BCUT2D eigenvalue weighted by Gasteiger charge is -2.42.